The third-order valence-corrected chi connectivity index (χ3v) is 6.38. The summed E-state index contributed by atoms with van der Waals surface area (Å²) in [5.74, 6) is -1.76. The van der Waals surface area contributed by atoms with Crippen LogP contribution >= 0.6 is 0 Å². The van der Waals surface area contributed by atoms with Gasteiger partial charge in [0.2, 0.25) is 11.7 Å². The Morgan fingerprint density at radius 1 is 1.05 bits per heavy atom. The van der Waals surface area contributed by atoms with Crippen molar-refractivity contribution in [1.29, 1.82) is 0 Å². The van der Waals surface area contributed by atoms with Gasteiger partial charge in [-0.05, 0) is 31.2 Å². The molecule has 1 saturated heterocycles. The first-order chi connectivity index (χ1) is 19.0. The van der Waals surface area contributed by atoms with Gasteiger partial charge in [-0.3, -0.25) is 19.5 Å². The highest BCUT2D eigenvalue weighted by atomic mass is 19.4. The Morgan fingerprint density at radius 2 is 1.80 bits per heavy atom. The van der Waals surface area contributed by atoms with E-state index in [-0.39, 0.29) is 30.2 Å². The van der Waals surface area contributed by atoms with Gasteiger partial charge in [-0.25, -0.2) is 24.7 Å². The quantitative estimate of drug-likeness (QED) is 0.492. The zero-order chi connectivity index (χ0) is 28.6. The molecule has 40 heavy (non-hydrogen) atoms. The van der Waals surface area contributed by atoms with E-state index in [0.29, 0.717) is 11.5 Å². The number of urea groups is 1. The molecular weight excluding hydrogens is 531 g/mol. The number of alkyl halides is 3. The molecule has 2 aliphatic rings. The molecule has 4 amide bonds. The van der Waals surface area contributed by atoms with E-state index in [1.807, 2.05) is 0 Å². The first-order valence-corrected chi connectivity index (χ1v) is 12.0. The second-order valence-corrected chi connectivity index (χ2v) is 9.05. The minimum Gasteiger partial charge on any atom is -0.336 e. The van der Waals surface area contributed by atoms with Gasteiger partial charge in [-0.1, -0.05) is 12.1 Å². The third-order valence-electron chi connectivity index (χ3n) is 6.38. The fraction of sp³-hybridized carbons (Fsp3) is 0.280. The smallest absolute Gasteiger partial charge is 0.336 e. The normalized spacial score (nSPS) is 19.0. The van der Waals surface area contributed by atoms with Crippen molar-refractivity contribution in [1.82, 2.24) is 34.6 Å². The molecule has 12 nitrogen and oxygen atoms in total. The van der Waals surface area contributed by atoms with Crippen LogP contribution in [0.5, 0.6) is 0 Å². The van der Waals surface area contributed by atoms with E-state index in [0.717, 1.165) is 17.3 Å². The van der Waals surface area contributed by atoms with Crippen molar-refractivity contribution in [3.63, 3.8) is 0 Å². The number of carbonyl (C=O) groups excluding carboxylic acids is 3. The van der Waals surface area contributed by atoms with Gasteiger partial charge in [0.15, 0.2) is 12.2 Å². The number of aliphatic imine (C=N–C) groups is 1. The highest BCUT2D eigenvalue weighted by molar-refractivity contribution is 6.05. The highest BCUT2D eigenvalue weighted by Gasteiger charge is 2.51. The average Bonchev–Trinajstić information content (AvgIpc) is 3.26. The van der Waals surface area contributed by atoms with Crippen LogP contribution in [0, 0.1) is 0 Å². The largest absolute Gasteiger partial charge is 0.451 e. The number of nitrogens with zero attached hydrogens (tertiary/aromatic N) is 8. The molecule has 2 aliphatic heterocycles. The number of aromatic nitrogens is 4. The molecule has 0 spiro atoms. The minimum absolute atomic E-state index is 0.0322. The number of amidine groups is 1. The molecular formula is C25H22F3N9O3. The number of fused-ring (bicyclic) bond motifs is 1. The Morgan fingerprint density at radius 3 is 2.48 bits per heavy atom. The number of imide groups is 1. The molecule has 0 saturated carbocycles. The SMILES string of the molecule is CC1=NC2C(C(=O)N(Cc3ccccn3)C(=O)N2C)N1CC(=O)Nc1cccc(-c2cnc(C(F)(F)F)nc2)n1. The number of halogens is 3. The van der Waals surface area contributed by atoms with Gasteiger partial charge < -0.3 is 15.1 Å². The van der Waals surface area contributed by atoms with Gasteiger partial charge in [0, 0.05) is 31.2 Å². The predicted molar refractivity (Wildman–Crippen MR) is 134 cm³/mol. The van der Waals surface area contributed by atoms with E-state index in [1.54, 1.807) is 44.4 Å². The first-order valence-electron chi connectivity index (χ1n) is 12.0. The average molecular weight is 554 g/mol. The number of likely N-dealkylation sites (N-methyl/N-ethyl adjacent to an activating group) is 1. The van der Waals surface area contributed by atoms with Crippen LogP contribution < -0.4 is 5.32 Å². The molecule has 1 N–H and O–H groups in total. The summed E-state index contributed by atoms with van der Waals surface area (Å²) in [6.07, 6.45) is -1.91. The summed E-state index contributed by atoms with van der Waals surface area (Å²) < 4.78 is 38.3. The maximum atomic E-state index is 13.5. The summed E-state index contributed by atoms with van der Waals surface area (Å²) in [6.45, 7) is 1.34. The van der Waals surface area contributed by atoms with E-state index in [9.17, 15) is 27.6 Å². The van der Waals surface area contributed by atoms with Gasteiger partial charge in [-0.15, -0.1) is 0 Å². The molecule has 206 valence electrons. The van der Waals surface area contributed by atoms with Crippen molar-refractivity contribution in [2.45, 2.75) is 31.9 Å². The van der Waals surface area contributed by atoms with Crippen LogP contribution in [0.2, 0.25) is 0 Å². The van der Waals surface area contributed by atoms with Crippen molar-refractivity contribution in [3.8, 4) is 11.3 Å². The topological polar surface area (TPSA) is 137 Å². The lowest BCUT2D eigenvalue weighted by molar-refractivity contribution is -0.145. The lowest BCUT2D eigenvalue weighted by Gasteiger charge is -2.41. The summed E-state index contributed by atoms with van der Waals surface area (Å²) >= 11 is 0. The third kappa shape index (κ3) is 5.17. The molecule has 2 atom stereocenters. The summed E-state index contributed by atoms with van der Waals surface area (Å²) in [5, 5.41) is 2.63. The molecule has 2 unspecified atom stereocenters. The Labute approximate surface area is 225 Å². The van der Waals surface area contributed by atoms with Crippen molar-refractivity contribution >= 4 is 29.5 Å². The van der Waals surface area contributed by atoms with E-state index >= 15 is 0 Å². The summed E-state index contributed by atoms with van der Waals surface area (Å²) in [4.78, 5) is 62.9. The summed E-state index contributed by atoms with van der Waals surface area (Å²) in [6, 6.07) is 8.35. The lowest BCUT2D eigenvalue weighted by atomic mass is 10.1. The van der Waals surface area contributed by atoms with Crippen molar-refractivity contribution in [2.75, 3.05) is 18.9 Å². The number of anilines is 1. The van der Waals surface area contributed by atoms with Gasteiger partial charge in [0.05, 0.1) is 30.3 Å². The number of hydrogen-bond acceptors (Lipinski definition) is 9. The Kier molecular flexibility index (Phi) is 6.87. The van der Waals surface area contributed by atoms with Crippen molar-refractivity contribution in [2.24, 2.45) is 4.99 Å². The number of carbonyl (C=O) groups is 3. The van der Waals surface area contributed by atoms with Gasteiger partial charge >= 0.3 is 12.2 Å². The number of rotatable bonds is 6. The molecule has 15 heteroatoms. The van der Waals surface area contributed by atoms with E-state index in [1.165, 1.54) is 21.9 Å². The van der Waals surface area contributed by atoms with E-state index < -0.39 is 42.1 Å². The summed E-state index contributed by atoms with van der Waals surface area (Å²) in [5.41, 5.74) is 1.00. The molecule has 1 fully saturated rings. The van der Waals surface area contributed by atoms with Crippen LogP contribution in [0.1, 0.15) is 18.4 Å². The molecule has 5 heterocycles. The van der Waals surface area contributed by atoms with Crippen LogP contribution in [0.3, 0.4) is 0 Å². The monoisotopic (exact) mass is 553 g/mol. The molecule has 0 bridgehead atoms. The lowest BCUT2D eigenvalue weighted by Crippen LogP contribution is -2.65. The highest BCUT2D eigenvalue weighted by Crippen LogP contribution is 2.29. The number of nitrogens with one attached hydrogen (secondary N) is 1. The predicted octanol–water partition coefficient (Wildman–Crippen LogP) is 2.41. The Balaban J connectivity index is 1.30. The zero-order valence-corrected chi connectivity index (χ0v) is 21.2. The Bertz CT molecular complexity index is 1480. The van der Waals surface area contributed by atoms with Crippen LogP contribution in [0.15, 0.2) is 60.0 Å². The van der Waals surface area contributed by atoms with Gasteiger partial charge in [-0.2, -0.15) is 13.2 Å². The second kappa shape index (κ2) is 10.3. The van der Waals surface area contributed by atoms with Crippen LogP contribution in [0.25, 0.3) is 11.3 Å². The first kappa shape index (κ1) is 26.6. The molecule has 5 rings (SSSR count). The molecule has 0 radical (unpaired) electrons. The van der Waals surface area contributed by atoms with Crippen LogP contribution in [-0.4, -0.2) is 84.1 Å². The van der Waals surface area contributed by atoms with Crippen molar-refractivity contribution in [3.05, 3.63) is 66.5 Å². The van der Waals surface area contributed by atoms with Gasteiger partial charge in [0.25, 0.3) is 5.91 Å². The Hall–Kier alpha value is -4.95. The van der Waals surface area contributed by atoms with Crippen LogP contribution in [0.4, 0.5) is 23.8 Å². The molecule has 3 aromatic rings. The molecule has 3 aromatic heterocycles. The van der Waals surface area contributed by atoms with E-state index in [4.69, 9.17) is 0 Å². The van der Waals surface area contributed by atoms with Gasteiger partial charge in [0.1, 0.15) is 5.82 Å². The molecule has 0 aliphatic carbocycles. The second-order valence-electron chi connectivity index (χ2n) is 9.05. The number of pyridine rings is 2. The number of hydrogen-bond donors (Lipinski definition) is 1. The van der Waals surface area contributed by atoms with E-state index in [2.05, 4.69) is 30.2 Å². The zero-order valence-electron chi connectivity index (χ0n) is 21.2. The van der Waals surface area contributed by atoms with Crippen LogP contribution in [-0.2, 0) is 22.3 Å². The maximum absolute atomic E-state index is 13.5. The number of amides is 4. The fourth-order valence-corrected chi connectivity index (χ4v) is 4.44. The van der Waals surface area contributed by atoms with Crippen molar-refractivity contribution < 1.29 is 27.6 Å². The standard InChI is InChI=1S/C25H22F3N9O3/c1-14-32-21-20(22(39)37(24(40)35(21)2)12-16-6-3-4-9-29-16)36(14)13-19(38)34-18-8-5-7-17(33-18)15-10-30-23(31-11-15)25(26,27)28/h3-11,20-21H,12-13H2,1-2H3,(H,33,34,38). The minimum atomic E-state index is -4.67. The summed E-state index contributed by atoms with van der Waals surface area (Å²) in [7, 11) is 1.54. The molecule has 0 aromatic carbocycles. The fourth-order valence-electron chi connectivity index (χ4n) is 4.44. The maximum Gasteiger partial charge on any atom is 0.451 e.